The van der Waals surface area contributed by atoms with Crippen LogP contribution in [-0.2, 0) is 11.2 Å². The zero-order chi connectivity index (χ0) is 10.3. The summed E-state index contributed by atoms with van der Waals surface area (Å²) in [5.41, 5.74) is 2.92. The largest absolute Gasteiger partial charge is 0.371 e. The lowest BCUT2D eigenvalue weighted by Gasteiger charge is -2.34. The molecule has 2 aliphatic heterocycles. The molecule has 2 nitrogen and oxygen atoms in total. The first-order valence-electron chi connectivity index (χ1n) is 5.77. The second-order valence-corrected chi connectivity index (χ2v) is 4.80. The van der Waals surface area contributed by atoms with Crippen molar-refractivity contribution in [1.29, 1.82) is 0 Å². The summed E-state index contributed by atoms with van der Waals surface area (Å²) in [6, 6.07) is 8.77. The van der Waals surface area contributed by atoms with Gasteiger partial charge in [-0.05, 0) is 24.0 Å². The van der Waals surface area contributed by atoms with Crippen LogP contribution in [0.1, 0.15) is 12.5 Å². The molecular formula is C13H17NO. The third kappa shape index (κ3) is 1.86. The highest BCUT2D eigenvalue weighted by Gasteiger charge is 2.29. The summed E-state index contributed by atoms with van der Waals surface area (Å²) in [5.74, 6) is 0.763. The molecule has 0 spiro atoms. The van der Waals surface area contributed by atoms with Gasteiger partial charge in [-0.2, -0.15) is 0 Å². The number of rotatable bonds is 2. The molecule has 1 aromatic rings. The molecule has 1 aromatic carbocycles. The van der Waals surface area contributed by atoms with Crippen molar-refractivity contribution in [2.45, 2.75) is 19.4 Å². The van der Waals surface area contributed by atoms with Gasteiger partial charge in [0.05, 0.1) is 12.7 Å². The minimum absolute atomic E-state index is 0.489. The summed E-state index contributed by atoms with van der Waals surface area (Å²) in [6.07, 6.45) is 1.71. The number of hydrogen-bond acceptors (Lipinski definition) is 2. The van der Waals surface area contributed by atoms with E-state index in [-0.39, 0.29) is 0 Å². The molecule has 1 fully saturated rings. The highest BCUT2D eigenvalue weighted by atomic mass is 16.6. The summed E-state index contributed by atoms with van der Waals surface area (Å²) in [7, 11) is 0. The molecule has 0 aliphatic carbocycles. The van der Waals surface area contributed by atoms with E-state index in [4.69, 9.17) is 4.74 Å². The van der Waals surface area contributed by atoms with Crippen molar-refractivity contribution in [3.8, 4) is 0 Å². The van der Waals surface area contributed by atoms with E-state index in [0.717, 1.165) is 19.1 Å². The van der Waals surface area contributed by atoms with Crippen molar-refractivity contribution in [2.24, 2.45) is 5.92 Å². The Morgan fingerprint density at radius 3 is 3.00 bits per heavy atom. The third-order valence-corrected chi connectivity index (χ3v) is 3.26. The lowest BCUT2D eigenvalue weighted by atomic mass is 9.94. The van der Waals surface area contributed by atoms with Crippen LogP contribution >= 0.6 is 0 Å². The Labute approximate surface area is 90.8 Å². The topological polar surface area (TPSA) is 15.8 Å². The van der Waals surface area contributed by atoms with Gasteiger partial charge in [-0.1, -0.05) is 25.1 Å². The van der Waals surface area contributed by atoms with Crippen LogP contribution in [0.2, 0.25) is 0 Å². The molecule has 15 heavy (non-hydrogen) atoms. The van der Waals surface area contributed by atoms with E-state index in [2.05, 4.69) is 36.1 Å². The van der Waals surface area contributed by atoms with Crippen molar-refractivity contribution < 1.29 is 4.74 Å². The fourth-order valence-electron chi connectivity index (χ4n) is 2.50. The molecule has 0 N–H and O–H groups in total. The molecule has 2 aliphatic rings. The van der Waals surface area contributed by atoms with Gasteiger partial charge in [0.1, 0.15) is 0 Å². The number of ether oxygens (including phenoxy) is 1. The Balaban J connectivity index is 1.87. The van der Waals surface area contributed by atoms with E-state index in [1.54, 1.807) is 0 Å². The van der Waals surface area contributed by atoms with Crippen LogP contribution in [0.25, 0.3) is 0 Å². The molecule has 0 bridgehead atoms. The molecular weight excluding hydrogens is 186 g/mol. The minimum atomic E-state index is 0.489. The molecule has 2 heterocycles. The van der Waals surface area contributed by atoms with Crippen LogP contribution in [0.15, 0.2) is 24.3 Å². The van der Waals surface area contributed by atoms with Gasteiger partial charge in [0.15, 0.2) is 0 Å². The number of fused-ring (bicyclic) bond motifs is 1. The highest BCUT2D eigenvalue weighted by Crippen LogP contribution is 2.30. The van der Waals surface area contributed by atoms with Crippen LogP contribution in [0.4, 0.5) is 5.69 Å². The van der Waals surface area contributed by atoms with Gasteiger partial charge in [-0.3, -0.25) is 0 Å². The molecule has 1 saturated heterocycles. The molecule has 0 radical (unpaired) electrons. The number of nitrogens with zero attached hydrogens (tertiary/aromatic N) is 1. The third-order valence-electron chi connectivity index (χ3n) is 3.26. The zero-order valence-electron chi connectivity index (χ0n) is 9.15. The Morgan fingerprint density at radius 1 is 1.40 bits per heavy atom. The Morgan fingerprint density at radius 2 is 2.20 bits per heavy atom. The van der Waals surface area contributed by atoms with Crippen molar-refractivity contribution in [2.75, 3.05) is 24.6 Å². The van der Waals surface area contributed by atoms with Gasteiger partial charge >= 0.3 is 0 Å². The number of anilines is 1. The number of epoxide rings is 1. The molecule has 0 amide bonds. The Hall–Kier alpha value is -1.02. The fraction of sp³-hybridized carbons (Fsp3) is 0.538. The second kappa shape index (κ2) is 3.53. The quantitative estimate of drug-likeness (QED) is 0.684. The Bertz CT molecular complexity index is 359. The predicted molar refractivity (Wildman–Crippen MR) is 61.3 cm³/mol. The summed E-state index contributed by atoms with van der Waals surface area (Å²) in [6.45, 7) is 5.53. The van der Waals surface area contributed by atoms with Crippen LogP contribution in [0.5, 0.6) is 0 Å². The lowest BCUT2D eigenvalue weighted by Crippen LogP contribution is -2.36. The normalized spacial score (nSPS) is 28.7. The SMILES string of the molecule is CC1Cc2ccccc2N(C[C@@H]2CO2)C1. The first-order chi connectivity index (χ1) is 7.33. The number of hydrogen-bond donors (Lipinski definition) is 0. The van der Waals surface area contributed by atoms with Gasteiger partial charge in [0.2, 0.25) is 0 Å². The monoisotopic (exact) mass is 203 g/mol. The molecule has 2 atom stereocenters. The van der Waals surface area contributed by atoms with Gasteiger partial charge in [0.25, 0.3) is 0 Å². The smallest absolute Gasteiger partial charge is 0.0984 e. The maximum atomic E-state index is 5.32. The second-order valence-electron chi connectivity index (χ2n) is 4.80. The van der Waals surface area contributed by atoms with E-state index >= 15 is 0 Å². The van der Waals surface area contributed by atoms with Crippen molar-refractivity contribution in [3.63, 3.8) is 0 Å². The zero-order valence-corrected chi connectivity index (χ0v) is 9.15. The number of para-hydroxylation sites is 1. The average Bonchev–Trinajstić information content (AvgIpc) is 3.01. The van der Waals surface area contributed by atoms with Gasteiger partial charge < -0.3 is 9.64 Å². The summed E-state index contributed by atoms with van der Waals surface area (Å²) >= 11 is 0. The lowest BCUT2D eigenvalue weighted by molar-refractivity contribution is 0.400. The first-order valence-corrected chi connectivity index (χ1v) is 5.77. The number of benzene rings is 1. The average molecular weight is 203 g/mol. The summed E-state index contributed by atoms with van der Waals surface area (Å²) in [4.78, 5) is 2.49. The molecule has 2 heteroatoms. The molecule has 0 saturated carbocycles. The van der Waals surface area contributed by atoms with E-state index in [9.17, 15) is 0 Å². The maximum absolute atomic E-state index is 5.32. The van der Waals surface area contributed by atoms with Crippen LogP contribution in [-0.4, -0.2) is 25.8 Å². The Kier molecular flexibility index (Phi) is 2.17. The van der Waals surface area contributed by atoms with Gasteiger partial charge in [-0.25, -0.2) is 0 Å². The van der Waals surface area contributed by atoms with Crippen LogP contribution in [0.3, 0.4) is 0 Å². The molecule has 1 unspecified atom stereocenters. The maximum Gasteiger partial charge on any atom is 0.0984 e. The summed E-state index contributed by atoms with van der Waals surface area (Å²) in [5, 5.41) is 0. The standard InChI is InChI=1S/C13H17NO/c1-10-6-11-4-2-3-5-13(11)14(7-10)8-12-9-15-12/h2-5,10,12H,6-9H2,1H3/t10?,12-/m1/s1. The van der Waals surface area contributed by atoms with E-state index in [1.807, 2.05) is 0 Å². The fourth-order valence-corrected chi connectivity index (χ4v) is 2.50. The highest BCUT2D eigenvalue weighted by molar-refractivity contribution is 5.55. The van der Waals surface area contributed by atoms with Crippen molar-refractivity contribution in [3.05, 3.63) is 29.8 Å². The molecule has 3 rings (SSSR count). The minimum Gasteiger partial charge on any atom is -0.371 e. The van der Waals surface area contributed by atoms with Gasteiger partial charge in [-0.15, -0.1) is 0 Å². The molecule has 0 aromatic heterocycles. The van der Waals surface area contributed by atoms with E-state index in [1.165, 1.54) is 24.2 Å². The van der Waals surface area contributed by atoms with E-state index < -0.39 is 0 Å². The first kappa shape index (κ1) is 9.22. The predicted octanol–water partition coefficient (Wildman–Crippen LogP) is 2.08. The van der Waals surface area contributed by atoms with E-state index in [0.29, 0.717) is 6.10 Å². The summed E-state index contributed by atoms with van der Waals surface area (Å²) < 4.78 is 5.32. The van der Waals surface area contributed by atoms with Crippen LogP contribution in [0, 0.1) is 5.92 Å². The van der Waals surface area contributed by atoms with Crippen molar-refractivity contribution >= 4 is 5.69 Å². The molecule has 80 valence electrons. The van der Waals surface area contributed by atoms with Gasteiger partial charge in [0, 0.05) is 18.8 Å². The van der Waals surface area contributed by atoms with Crippen LogP contribution < -0.4 is 4.90 Å². The van der Waals surface area contributed by atoms with Crippen molar-refractivity contribution in [1.82, 2.24) is 0 Å².